The minimum Gasteiger partial charge on any atom is -0.459 e. The van der Waals surface area contributed by atoms with E-state index in [1.54, 1.807) is 20.8 Å². The van der Waals surface area contributed by atoms with Gasteiger partial charge in [0, 0.05) is 11.8 Å². The summed E-state index contributed by atoms with van der Waals surface area (Å²) in [6.45, 7) is 6.92. The van der Waals surface area contributed by atoms with Gasteiger partial charge >= 0.3 is 5.97 Å². The number of Topliss-reactive ketones (excluding diaryl/α,β-unsaturated/α-hetero) is 1. The van der Waals surface area contributed by atoms with Crippen LogP contribution in [0.3, 0.4) is 0 Å². The Hall–Kier alpha value is -1.46. The third-order valence-corrected chi connectivity index (χ3v) is 7.37. The van der Waals surface area contributed by atoms with Crippen molar-refractivity contribution in [2.45, 2.75) is 39.9 Å². The molecule has 0 radical (unpaired) electrons. The molecule has 1 saturated heterocycles. The zero-order valence-electron chi connectivity index (χ0n) is 13.9. The first-order valence-corrected chi connectivity index (χ1v) is 8.52. The van der Waals surface area contributed by atoms with Crippen molar-refractivity contribution in [1.29, 1.82) is 0 Å². The van der Waals surface area contributed by atoms with E-state index in [1.165, 1.54) is 6.08 Å². The third-order valence-electron chi connectivity index (χ3n) is 6.91. The fourth-order valence-corrected chi connectivity index (χ4v) is 6.06. The molecule has 1 saturated carbocycles. The molecule has 0 aromatic heterocycles. The molecule has 24 heavy (non-hydrogen) atoms. The second-order valence-electron chi connectivity index (χ2n) is 7.88. The van der Waals surface area contributed by atoms with Crippen LogP contribution in [0.15, 0.2) is 22.3 Å². The number of rotatable bonds is 0. The van der Waals surface area contributed by atoms with E-state index in [0.29, 0.717) is 11.1 Å². The van der Waals surface area contributed by atoms with Gasteiger partial charge in [-0.3, -0.25) is 14.4 Å². The summed E-state index contributed by atoms with van der Waals surface area (Å²) in [4.78, 5) is 38.4. The van der Waals surface area contributed by atoms with Gasteiger partial charge in [0.15, 0.2) is 11.6 Å². The van der Waals surface area contributed by atoms with Gasteiger partial charge in [0.05, 0.1) is 27.9 Å². The van der Waals surface area contributed by atoms with Crippen LogP contribution in [0, 0.1) is 28.6 Å². The minimum atomic E-state index is -1.18. The highest BCUT2D eigenvalue weighted by Crippen LogP contribution is 2.66. The van der Waals surface area contributed by atoms with Crippen LogP contribution in [-0.4, -0.2) is 34.9 Å². The topological polar surface area (TPSA) is 80.7 Å². The Bertz CT molecular complexity index is 780. The number of carbonyl (C=O) groups is 3. The zero-order chi connectivity index (χ0) is 17.8. The van der Waals surface area contributed by atoms with E-state index in [9.17, 15) is 19.5 Å². The summed E-state index contributed by atoms with van der Waals surface area (Å²) < 4.78 is 5.38. The Labute approximate surface area is 144 Å². The Morgan fingerprint density at radius 1 is 1.25 bits per heavy atom. The number of aliphatic hydroxyl groups excluding tert-OH is 1. The van der Waals surface area contributed by atoms with E-state index in [2.05, 4.69) is 0 Å². The van der Waals surface area contributed by atoms with Gasteiger partial charge in [-0.1, -0.05) is 25.4 Å². The zero-order valence-corrected chi connectivity index (χ0v) is 14.7. The van der Waals surface area contributed by atoms with E-state index < -0.39 is 40.8 Å². The average molecular weight is 351 g/mol. The van der Waals surface area contributed by atoms with Crippen molar-refractivity contribution in [3.63, 3.8) is 0 Å². The summed E-state index contributed by atoms with van der Waals surface area (Å²) in [7, 11) is 0. The first-order chi connectivity index (χ1) is 11.1. The SMILES string of the molecule is CC1=C(Cl)C(=O)C2(C)C1=CC(=O)C1(C)C3C(=O)OC(C3C)C(O)C21. The molecule has 3 aliphatic carbocycles. The molecule has 7 unspecified atom stereocenters. The maximum atomic E-state index is 13.0. The van der Waals surface area contributed by atoms with Gasteiger partial charge in [0.2, 0.25) is 0 Å². The predicted molar refractivity (Wildman–Crippen MR) is 84.9 cm³/mol. The minimum absolute atomic E-state index is 0.103. The molecule has 1 heterocycles. The highest BCUT2D eigenvalue weighted by atomic mass is 35.5. The summed E-state index contributed by atoms with van der Waals surface area (Å²) in [5, 5.41) is 11.1. The van der Waals surface area contributed by atoms with Crippen LogP contribution >= 0.6 is 11.6 Å². The first-order valence-electron chi connectivity index (χ1n) is 8.14. The predicted octanol–water partition coefficient (Wildman–Crippen LogP) is 1.77. The molecule has 128 valence electrons. The smallest absolute Gasteiger partial charge is 0.310 e. The molecule has 7 atom stereocenters. The van der Waals surface area contributed by atoms with Gasteiger partial charge in [0.1, 0.15) is 6.10 Å². The normalized spacial score (nSPS) is 49.8. The first kappa shape index (κ1) is 16.0. The number of hydrogen-bond acceptors (Lipinski definition) is 5. The lowest BCUT2D eigenvalue weighted by Gasteiger charge is -2.55. The molecule has 0 aromatic rings. The van der Waals surface area contributed by atoms with Crippen molar-refractivity contribution in [2.24, 2.45) is 28.6 Å². The van der Waals surface area contributed by atoms with Gasteiger partial charge in [0.25, 0.3) is 0 Å². The van der Waals surface area contributed by atoms with Crippen LogP contribution < -0.4 is 0 Å². The van der Waals surface area contributed by atoms with Crippen molar-refractivity contribution in [2.75, 3.05) is 0 Å². The summed E-state index contributed by atoms with van der Waals surface area (Å²) >= 11 is 6.19. The number of carbonyl (C=O) groups excluding carboxylic acids is 3. The average Bonchev–Trinajstić information content (AvgIpc) is 2.85. The van der Waals surface area contributed by atoms with E-state index in [4.69, 9.17) is 16.3 Å². The summed E-state index contributed by atoms with van der Waals surface area (Å²) in [5.41, 5.74) is -1.16. The van der Waals surface area contributed by atoms with Gasteiger partial charge in [-0.05, 0) is 31.1 Å². The van der Waals surface area contributed by atoms with E-state index >= 15 is 0 Å². The molecule has 4 aliphatic rings. The summed E-state index contributed by atoms with van der Waals surface area (Å²) in [6, 6.07) is 0. The van der Waals surface area contributed by atoms with Crippen LogP contribution in [-0.2, 0) is 19.1 Å². The molecule has 1 aliphatic heterocycles. The number of ketones is 2. The quantitative estimate of drug-likeness (QED) is 0.673. The molecule has 2 bridgehead atoms. The Balaban J connectivity index is 2.01. The second kappa shape index (κ2) is 4.38. The number of hydrogen-bond donors (Lipinski definition) is 1. The van der Waals surface area contributed by atoms with E-state index in [-0.39, 0.29) is 22.5 Å². The fourth-order valence-electron chi connectivity index (χ4n) is 5.76. The molecule has 0 spiro atoms. The Kier molecular flexibility index (Phi) is 2.93. The molecule has 5 nitrogen and oxygen atoms in total. The van der Waals surface area contributed by atoms with Crippen LogP contribution in [0.2, 0.25) is 0 Å². The number of esters is 1. The standard InChI is InChI=1S/C18H19ClO5/c1-6-8-5-9(20)18(4)10-7(2)13(24-16(10)23)12(21)14(18)17(8,3)15(22)11(6)19/h5,7,10,12-14,21H,1-4H3. The molecule has 2 fully saturated rings. The molecule has 4 rings (SSSR count). The van der Waals surface area contributed by atoms with Crippen molar-refractivity contribution in [3.8, 4) is 0 Å². The van der Waals surface area contributed by atoms with Crippen molar-refractivity contribution >= 4 is 29.1 Å². The van der Waals surface area contributed by atoms with Gasteiger partial charge in [-0.2, -0.15) is 0 Å². The third kappa shape index (κ3) is 1.41. The number of fused-ring (bicyclic) bond motifs is 6. The molecule has 1 N–H and O–H groups in total. The highest BCUT2D eigenvalue weighted by molar-refractivity contribution is 6.45. The lowest BCUT2D eigenvalue weighted by Crippen LogP contribution is -2.64. The highest BCUT2D eigenvalue weighted by Gasteiger charge is 2.73. The summed E-state index contributed by atoms with van der Waals surface area (Å²) in [5.74, 6) is -2.69. The van der Waals surface area contributed by atoms with Gasteiger partial charge in [-0.15, -0.1) is 0 Å². The van der Waals surface area contributed by atoms with Crippen LogP contribution in [0.25, 0.3) is 0 Å². The van der Waals surface area contributed by atoms with Crippen molar-refractivity contribution < 1.29 is 24.2 Å². The van der Waals surface area contributed by atoms with Crippen LogP contribution in [0.4, 0.5) is 0 Å². The number of allylic oxidation sites excluding steroid dienone is 4. The number of halogens is 1. The van der Waals surface area contributed by atoms with Gasteiger partial charge in [-0.25, -0.2) is 0 Å². The second-order valence-corrected chi connectivity index (χ2v) is 8.26. The largest absolute Gasteiger partial charge is 0.459 e. The lowest BCUT2D eigenvalue weighted by molar-refractivity contribution is -0.165. The van der Waals surface area contributed by atoms with E-state index in [1.807, 2.05) is 6.92 Å². The lowest BCUT2D eigenvalue weighted by atomic mass is 9.45. The van der Waals surface area contributed by atoms with E-state index in [0.717, 1.165) is 0 Å². The Morgan fingerprint density at radius 2 is 1.88 bits per heavy atom. The summed E-state index contributed by atoms with van der Waals surface area (Å²) in [6.07, 6.45) is -0.341. The molecule has 0 aromatic carbocycles. The number of aliphatic hydroxyl groups is 1. The maximum Gasteiger partial charge on any atom is 0.310 e. The van der Waals surface area contributed by atoms with Crippen molar-refractivity contribution in [3.05, 3.63) is 22.3 Å². The number of ether oxygens (including phenoxy) is 1. The monoisotopic (exact) mass is 350 g/mol. The Morgan fingerprint density at radius 3 is 2.50 bits per heavy atom. The molecular weight excluding hydrogens is 332 g/mol. The van der Waals surface area contributed by atoms with Crippen molar-refractivity contribution in [1.82, 2.24) is 0 Å². The molecule has 6 heteroatoms. The maximum absolute atomic E-state index is 13.0. The van der Waals surface area contributed by atoms with Gasteiger partial charge < -0.3 is 9.84 Å². The fraction of sp³-hybridized carbons (Fsp3) is 0.611. The molecule has 0 amide bonds. The van der Waals surface area contributed by atoms with Crippen LogP contribution in [0.1, 0.15) is 27.7 Å². The van der Waals surface area contributed by atoms with Crippen LogP contribution in [0.5, 0.6) is 0 Å². The molecular formula is C18H19ClO5.